The lowest BCUT2D eigenvalue weighted by molar-refractivity contribution is -0.400. The number of nitrogens with zero attached hydrogens (tertiary/aromatic N) is 1. The molecule has 0 aliphatic heterocycles. The Balaban J connectivity index is 2.00. The van der Waals surface area contributed by atoms with E-state index >= 15 is 0 Å². The van der Waals surface area contributed by atoms with E-state index in [0.29, 0.717) is 17.0 Å². The second-order valence-corrected chi connectivity index (χ2v) is 5.11. The number of benzene rings is 2. The largest absolute Gasteiger partial charge is 0.417 e. The number of carbonyl (C=O) groups is 1. The number of carbonyl (C=O) groups excluding carboxylic acids is 1. The summed E-state index contributed by atoms with van der Waals surface area (Å²) in [4.78, 5) is 21.5. The fraction of sp³-hybridized carbons (Fsp3) is 0. The lowest BCUT2D eigenvalue weighted by Crippen LogP contribution is -2.16. The van der Waals surface area contributed by atoms with Gasteiger partial charge >= 0.3 is 6.09 Å². The molecule has 2 aromatic rings. The van der Waals surface area contributed by atoms with E-state index in [9.17, 15) is 14.9 Å². The Morgan fingerprint density at radius 1 is 1.23 bits per heavy atom. The molecule has 2 aromatic carbocycles. The molecule has 2 rings (SSSR count). The molecular formula is C15H11BrN2O4. The first kappa shape index (κ1) is 15.7. The molecule has 22 heavy (non-hydrogen) atoms. The van der Waals surface area contributed by atoms with Gasteiger partial charge in [-0.1, -0.05) is 28.1 Å². The van der Waals surface area contributed by atoms with Gasteiger partial charge in [-0.2, -0.15) is 0 Å². The monoisotopic (exact) mass is 362 g/mol. The highest BCUT2D eigenvalue weighted by Crippen LogP contribution is 2.17. The lowest BCUT2D eigenvalue weighted by atomic mass is 10.2. The van der Waals surface area contributed by atoms with Crippen LogP contribution in [0.1, 0.15) is 5.56 Å². The number of hydrogen-bond donors (Lipinski definition) is 1. The molecule has 0 bridgehead atoms. The summed E-state index contributed by atoms with van der Waals surface area (Å²) in [7, 11) is 0. The van der Waals surface area contributed by atoms with E-state index in [-0.39, 0.29) is 0 Å². The molecule has 0 aliphatic carbocycles. The van der Waals surface area contributed by atoms with Crippen molar-refractivity contribution in [3.63, 3.8) is 0 Å². The SMILES string of the molecule is O=C(Nc1ccc(Br)cc1)Oc1cccc(C=C[N+](=O)[O-])c1. The molecule has 0 heterocycles. The number of halogens is 1. The predicted octanol–water partition coefficient (Wildman–Crippen LogP) is 4.31. The smallest absolute Gasteiger partial charge is 0.410 e. The van der Waals surface area contributed by atoms with E-state index in [1.54, 1.807) is 42.5 Å². The first-order valence-corrected chi connectivity index (χ1v) is 6.98. The molecule has 0 radical (unpaired) electrons. The third kappa shape index (κ3) is 5.02. The molecule has 0 saturated carbocycles. The van der Waals surface area contributed by atoms with Gasteiger partial charge in [0.15, 0.2) is 0 Å². The van der Waals surface area contributed by atoms with Crippen molar-refractivity contribution in [3.8, 4) is 5.75 Å². The van der Waals surface area contributed by atoms with Crippen molar-refractivity contribution in [1.82, 2.24) is 0 Å². The van der Waals surface area contributed by atoms with Crippen LogP contribution in [0.5, 0.6) is 5.75 Å². The second-order valence-electron chi connectivity index (χ2n) is 4.19. The summed E-state index contributed by atoms with van der Waals surface area (Å²) in [6.07, 6.45) is 1.50. The Kier molecular flexibility index (Phi) is 5.26. The van der Waals surface area contributed by atoms with Crippen LogP contribution in [0.15, 0.2) is 59.2 Å². The summed E-state index contributed by atoms with van der Waals surface area (Å²) in [5.74, 6) is 0.292. The minimum absolute atomic E-state index is 0.292. The summed E-state index contributed by atoms with van der Waals surface area (Å²) < 4.78 is 6.03. The van der Waals surface area contributed by atoms with E-state index in [1.165, 1.54) is 12.1 Å². The summed E-state index contributed by atoms with van der Waals surface area (Å²) >= 11 is 3.30. The van der Waals surface area contributed by atoms with Gasteiger partial charge < -0.3 is 4.74 Å². The zero-order chi connectivity index (χ0) is 15.9. The first-order valence-electron chi connectivity index (χ1n) is 6.19. The number of rotatable bonds is 4. The predicted molar refractivity (Wildman–Crippen MR) is 86.3 cm³/mol. The van der Waals surface area contributed by atoms with Crippen LogP contribution in [0.2, 0.25) is 0 Å². The van der Waals surface area contributed by atoms with E-state index in [0.717, 1.165) is 10.7 Å². The first-order chi connectivity index (χ1) is 10.5. The normalized spacial score (nSPS) is 10.4. The highest BCUT2D eigenvalue weighted by atomic mass is 79.9. The van der Waals surface area contributed by atoms with Gasteiger partial charge in [0.05, 0.1) is 4.92 Å². The molecular weight excluding hydrogens is 352 g/mol. The van der Waals surface area contributed by atoms with Crippen LogP contribution in [0.25, 0.3) is 6.08 Å². The van der Waals surface area contributed by atoms with Crippen LogP contribution < -0.4 is 10.1 Å². The summed E-state index contributed by atoms with van der Waals surface area (Å²) in [5, 5.41) is 12.9. The molecule has 0 atom stereocenters. The molecule has 6 nitrogen and oxygen atoms in total. The maximum Gasteiger partial charge on any atom is 0.417 e. The van der Waals surface area contributed by atoms with Crippen molar-refractivity contribution in [2.45, 2.75) is 0 Å². The highest BCUT2D eigenvalue weighted by Gasteiger charge is 2.05. The quantitative estimate of drug-likeness (QED) is 0.648. The van der Waals surface area contributed by atoms with E-state index in [1.807, 2.05) is 0 Å². The van der Waals surface area contributed by atoms with Crippen LogP contribution in [-0.2, 0) is 0 Å². The van der Waals surface area contributed by atoms with Gasteiger partial charge in [0.25, 0.3) is 0 Å². The van der Waals surface area contributed by atoms with E-state index in [2.05, 4.69) is 21.2 Å². The minimum atomic E-state index is -0.641. The Morgan fingerprint density at radius 2 is 1.95 bits per heavy atom. The average Bonchev–Trinajstić information content (AvgIpc) is 2.48. The zero-order valence-electron chi connectivity index (χ0n) is 11.2. The number of hydrogen-bond acceptors (Lipinski definition) is 4. The Labute approximate surface area is 134 Å². The third-order valence-electron chi connectivity index (χ3n) is 2.55. The van der Waals surface area contributed by atoms with Gasteiger partial charge in [0.2, 0.25) is 6.20 Å². The molecule has 0 aliphatic rings. The molecule has 1 N–H and O–H groups in total. The van der Waals surface area contributed by atoms with Crippen LogP contribution in [-0.4, -0.2) is 11.0 Å². The molecule has 0 spiro atoms. The van der Waals surface area contributed by atoms with Crippen LogP contribution in [0, 0.1) is 10.1 Å². The fourth-order valence-corrected chi connectivity index (χ4v) is 1.88. The summed E-state index contributed by atoms with van der Waals surface area (Å²) in [6.45, 7) is 0. The molecule has 0 aromatic heterocycles. The van der Waals surface area contributed by atoms with Crippen molar-refractivity contribution in [1.29, 1.82) is 0 Å². The molecule has 112 valence electrons. The van der Waals surface area contributed by atoms with Crippen LogP contribution in [0.3, 0.4) is 0 Å². The van der Waals surface area contributed by atoms with Gasteiger partial charge in [0.1, 0.15) is 5.75 Å². The van der Waals surface area contributed by atoms with Crippen LogP contribution in [0.4, 0.5) is 10.5 Å². The van der Waals surface area contributed by atoms with Gasteiger partial charge in [-0.25, -0.2) is 4.79 Å². The van der Waals surface area contributed by atoms with Crippen LogP contribution >= 0.6 is 15.9 Å². The zero-order valence-corrected chi connectivity index (χ0v) is 12.8. The van der Waals surface area contributed by atoms with Crippen molar-refractivity contribution >= 4 is 33.8 Å². The Morgan fingerprint density at radius 3 is 2.64 bits per heavy atom. The number of ether oxygens (including phenoxy) is 1. The number of amides is 1. The highest BCUT2D eigenvalue weighted by molar-refractivity contribution is 9.10. The van der Waals surface area contributed by atoms with Crippen molar-refractivity contribution in [2.24, 2.45) is 0 Å². The van der Waals surface area contributed by atoms with Gasteiger partial charge in [-0.15, -0.1) is 0 Å². The average molecular weight is 363 g/mol. The Bertz CT molecular complexity index is 714. The third-order valence-corrected chi connectivity index (χ3v) is 3.08. The number of nitro groups is 1. The molecule has 0 unspecified atom stereocenters. The van der Waals surface area contributed by atoms with Crippen molar-refractivity contribution in [3.05, 3.63) is 74.9 Å². The minimum Gasteiger partial charge on any atom is -0.410 e. The topological polar surface area (TPSA) is 81.5 Å². The van der Waals surface area contributed by atoms with Gasteiger partial charge in [-0.05, 0) is 42.0 Å². The molecule has 7 heteroatoms. The van der Waals surface area contributed by atoms with Crippen molar-refractivity contribution < 1.29 is 14.5 Å². The molecule has 0 saturated heterocycles. The Hall–Kier alpha value is -2.67. The summed E-state index contributed by atoms with van der Waals surface area (Å²) in [5.41, 5.74) is 1.16. The summed E-state index contributed by atoms with van der Waals surface area (Å²) in [6, 6.07) is 13.5. The van der Waals surface area contributed by atoms with Gasteiger partial charge in [-0.3, -0.25) is 15.4 Å². The van der Waals surface area contributed by atoms with E-state index < -0.39 is 11.0 Å². The molecule has 0 fully saturated rings. The van der Waals surface area contributed by atoms with E-state index in [4.69, 9.17) is 4.74 Å². The lowest BCUT2D eigenvalue weighted by Gasteiger charge is -2.07. The molecule has 1 amide bonds. The maximum atomic E-state index is 11.8. The second kappa shape index (κ2) is 7.37. The number of nitrogens with one attached hydrogen (secondary N) is 1. The fourth-order valence-electron chi connectivity index (χ4n) is 1.61. The maximum absolute atomic E-state index is 11.8. The van der Waals surface area contributed by atoms with Crippen molar-refractivity contribution in [2.75, 3.05) is 5.32 Å². The standard InChI is InChI=1S/C15H11BrN2O4/c16-12-4-6-13(7-5-12)17-15(19)22-14-3-1-2-11(10-14)8-9-18(20)21/h1-10H,(H,17,19). The number of anilines is 1. The van der Waals surface area contributed by atoms with Gasteiger partial charge in [0, 0.05) is 16.2 Å².